The summed E-state index contributed by atoms with van der Waals surface area (Å²) in [5, 5.41) is 0. The van der Waals surface area contributed by atoms with E-state index in [1.165, 1.54) is 24.3 Å². The third kappa shape index (κ3) is 4.05. The Morgan fingerprint density at radius 3 is 2.57 bits per heavy atom. The maximum absolute atomic E-state index is 13.2. The van der Waals surface area contributed by atoms with Gasteiger partial charge in [0.2, 0.25) is 5.91 Å². The lowest BCUT2D eigenvalue weighted by atomic mass is 9.90. The maximum Gasteiger partial charge on any atom is 0.253 e. The van der Waals surface area contributed by atoms with Crippen molar-refractivity contribution in [3.8, 4) is 11.3 Å². The second-order valence-corrected chi connectivity index (χ2v) is 7.33. The highest BCUT2D eigenvalue weighted by molar-refractivity contribution is 5.94. The summed E-state index contributed by atoms with van der Waals surface area (Å²) in [5.74, 6) is -0.994. The number of carbonyl (C=O) groups is 2. The van der Waals surface area contributed by atoms with E-state index in [9.17, 15) is 14.0 Å². The zero-order valence-electron chi connectivity index (χ0n) is 16.3. The molecule has 1 aliphatic heterocycles. The monoisotopic (exact) mass is 404 g/mol. The lowest BCUT2D eigenvalue weighted by molar-refractivity contribution is 0.0705. The number of primary amides is 1. The first-order chi connectivity index (χ1) is 14.5. The molecule has 0 radical (unpaired) electrons. The minimum Gasteiger partial charge on any atom is -0.366 e. The molecule has 1 aliphatic rings. The molecule has 0 saturated carbocycles. The topological polar surface area (TPSA) is 89.2 Å². The van der Waals surface area contributed by atoms with Crippen molar-refractivity contribution in [3.63, 3.8) is 0 Å². The van der Waals surface area contributed by atoms with E-state index in [-0.39, 0.29) is 17.6 Å². The van der Waals surface area contributed by atoms with Crippen LogP contribution in [0.3, 0.4) is 0 Å². The quantitative estimate of drug-likeness (QED) is 0.722. The van der Waals surface area contributed by atoms with Gasteiger partial charge < -0.3 is 10.6 Å². The van der Waals surface area contributed by atoms with E-state index < -0.39 is 5.91 Å². The zero-order chi connectivity index (χ0) is 21.1. The highest BCUT2D eigenvalue weighted by atomic mass is 19.1. The van der Waals surface area contributed by atoms with Gasteiger partial charge in [0, 0.05) is 48.1 Å². The molecule has 3 aromatic rings. The van der Waals surface area contributed by atoms with E-state index in [1.807, 2.05) is 6.07 Å². The summed E-state index contributed by atoms with van der Waals surface area (Å²) in [7, 11) is 0. The molecular weight excluding hydrogens is 383 g/mol. The maximum atomic E-state index is 13.2. The summed E-state index contributed by atoms with van der Waals surface area (Å²) >= 11 is 0. The van der Waals surface area contributed by atoms with Gasteiger partial charge in [0.05, 0.1) is 11.4 Å². The van der Waals surface area contributed by atoms with Crippen LogP contribution in [0.2, 0.25) is 0 Å². The number of aromatic nitrogens is 2. The lowest BCUT2D eigenvalue weighted by Crippen LogP contribution is -2.39. The van der Waals surface area contributed by atoms with E-state index in [2.05, 4.69) is 9.97 Å². The van der Waals surface area contributed by atoms with Gasteiger partial charge in [-0.05, 0) is 49.2 Å². The Morgan fingerprint density at radius 2 is 1.80 bits per heavy atom. The normalized spacial score (nSPS) is 16.3. The molecule has 1 aromatic heterocycles. The number of piperidine rings is 1. The van der Waals surface area contributed by atoms with E-state index in [4.69, 9.17) is 5.73 Å². The molecule has 1 fully saturated rings. The van der Waals surface area contributed by atoms with Crippen molar-refractivity contribution in [2.45, 2.75) is 18.8 Å². The van der Waals surface area contributed by atoms with Crippen LogP contribution >= 0.6 is 0 Å². The number of amides is 2. The van der Waals surface area contributed by atoms with Crippen LogP contribution in [0.5, 0.6) is 0 Å². The van der Waals surface area contributed by atoms with Gasteiger partial charge >= 0.3 is 0 Å². The number of carbonyl (C=O) groups excluding carboxylic acids is 2. The van der Waals surface area contributed by atoms with Crippen LogP contribution in [0, 0.1) is 5.82 Å². The molecule has 2 N–H and O–H groups in total. The van der Waals surface area contributed by atoms with E-state index >= 15 is 0 Å². The molecule has 1 atom stereocenters. The second kappa shape index (κ2) is 8.41. The molecule has 7 heteroatoms. The molecule has 2 aromatic carbocycles. The number of nitrogens with zero attached hydrogens (tertiary/aromatic N) is 3. The standard InChI is InChI=1S/C23H21FN4O2/c24-19-8-6-15(7-9-19)23(30)28-12-2-5-18(14-28)21-20(26-10-11-27-21)16-3-1-4-17(13-16)22(25)29/h1,3-4,6-11,13,18H,2,5,12,14H2,(H2,25,29)/t18-/m0/s1. The highest BCUT2D eigenvalue weighted by Gasteiger charge is 2.28. The Kier molecular flexibility index (Phi) is 5.52. The van der Waals surface area contributed by atoms with Gasteiger partial charge in [0.25, 0.3) is 5.91 Å². The average molecular weight is 404 g/mol. The number of likely N-dealkylation sites (tertiary alicyclic amines) is 1. The van der Waals surface area contributed by atoms with Gasteiger partial charge in [0.15, 0.2) is 0 Å². The predicted octanol–water partition coefficient (Wildman–Crippen LogP) is 3.40. The first-order valence-corrected chi connectivity index (χ1v) is 9.79. The van der Waals surface area contributed by atoms with Crippen LogP contribution < -0.4 is 5.73 Å². The number of hydrogen-bond acceptors (Lipinski definition) is 4. The first-order valence-electron chi connectivity index (χ1n) is 9.79. The number of benzene rings is 2. The van der Waals surface area contributed by atoms with Crippen molar-refractivity contribution in [3.05, 3.63) is 83.6 Å². The van der Waals surface area contributed by atoms with Crippen LogP contribution in [0.1, 0.15) is 45.2 Å². The van der Waals surface area contributed by atoms with Crippen LogP contribution in [-0.2, 0) is 0 Å². The first kappa shape index (κ1) is 19.7. The third-order valence-corrected chi connectivity index (χ3v) is 5.33. The van der Waals surface area contributed by atoms with E-state index in [0.717, 1.165) is 24.1 Å². The molecule has 1 saturated heterocycles. The molecule has 2 amide bonds. The van der Waals surface area contributed by atoms with Gasteiger partial charge in [-0.3, -0.25) is 19.6 Å². The van der Waals surface area contributed by atoms with Crippen LogP contribution in [0.15, 0.2) is 60.9 Å². The zero-order valence-corrected chi connectivity index (χ0v) is 16.3. The van der Waals surface area contributed by atoms with Crippen molar-refractivity contribution < 1.29 is 14.0 Å². The number of hydrogen-bond donors (Lipinski definition) is 1. The predicted molar refractivity (Wildman–Crippen MR) is 110 cm³/mol. The minimum atomic E-state index is -0.504. The Morgan fingerprint density at radius 1 is 1.03 bits per heavy atom. The Hall–Kier alpha value is -3.61. The van der Waals surface area contributed by atoms with Crippen molar-refractivity contribution in [2.75, 3.05) is 13.1 Å². The molecule has 0 bridgehead atoms. The number of nitrogens with two attached hydrogens (primary N) is 1. The van der Waals surface area contributed by atoms with Crippen molar-refractivity contribution in [1.82, 2.24) is 14.9 Å². The molecule has 6 nitrogen and oxygen atoms in total. The van der Waals surface area contributed by atoms with Crippen molar-refractivity contribution in [1.29, 1.82) is 0 Å². The van der Waals surface area contributed by atoms with Gasteiger partial charge in [0.1, 0.15) is 5.82 Å². The Labute approximate surface area is 173 Å². The van der Waals surface area contributed by atoms with Gasteiger partial charge in [-0.2, -0.15) is 0 Å². The van der Waals surface area contributed by atoms with Gasteiger partial charge in [-0.25, -0.2) is 4.39 Å². The minimum absolute atomic E-state index is 0.00378. The SMILES string of the molecule is NC(=O)c1cccc(-c2nccnc2[C@H]2CCCN(C(=O)c3ccc(F)cc3)C2)c1. The van der Waals surface area contributed by atoms with E-state index in [0.29, 0.717) is 29.9 Å². The molecule has 30 heavy (non-hydrogen) atoms. The van der Waals surface area contributed by atoms with Crippen molar-refractivity contribution in [2.24, 2.45) is 5.73 Å². The summed E-state index contributed by atoms with van der Waals surface area (Å²) in [6, 6.07) is 12.6. The fourth-order valence-corrected chi connectivity index (χ4v) is 3.85. The summed E-state index contributed by atoms with van der Waals surface area (Å²) in [4.78, 5) is 35.3. The lowest BCUT2D eigenvalue weighted by Gasteiger charge is -2.33. The van der Waals surface area contributed by atoms with Gasteiger partial charge in [-0.1, -0.05) is 12.1 Å². The fourth-order valence-electron chi connectivity index (χ4n) is 3.85. The second-order valence-electron chi connectivity index (χ2n) is 7.33. The molecule has 0 spiro atoms. The molecule has 2 heterocycles. The summed E-state index contributed by atoms with van der Waals surface area (Å²) < 4.78 is 13.2. The van der Waals surface area contributed by atoms with Crippen LogP contribution in [0.4, 0.5) is 4.39 Å². The highest BCUT2D eigenvalue weighted by Crippen LogP contribution is 2.32. The fraction of sp³-hybridized carbons (Fsp3) is 0.217. The Balaban J connectivity index is 1.62. The van der Waals surface area contributed by atoms with Crippen molar-refractivity contribution >= 4 is 11.8 Å². The molecule has 152 valence electrons. The molecule has 4 rings (SSSR count). The summed E-state index contributed by atoms with van der Waals surface area (Å²) in [5.41, 5.74) is 8.51. The third-order valence-electron chi connectivity index (χ3n) is 5.33. The van der Waals surface area contributed by atoms with Crippen LogP contribution in [0.25, 0.3) is 11.3 Å². The Bertz CT molecular complexity index is 1080. The largest absolute Gasteiger partial charge is 0.366 e. The smallest absolute Gasteiger partial charge is 0.253 e. The number of halogens is 1. The van der Waals surface area contributed by atoms with E-state index in [1.54, 1.807) is 35.5 Å². The summed E-state index contributed by atoms with van der Waals surface area (Å²) in [6.45, 7) is 1.14. The molecule has 0 unspecified atom stereocenters. The van der Waals surface area contributed by atoms with Gasteiger partial charge in [-0.15, -0.1) is 0 Å². The summed E-state index contributed by atoms with van der Waals surface area (Å²) in [6.07, 6.45) is 4.95. The number of rotatable bonds is 4. The molecule has 0 aliphatic carbocycles. The molecular formula is C23H21FN4O2. The average Bonchev–Trinajstić information content (AvgIpc) is 2.79. The van der Waals surface area contributed by atoms with Crippen LogP contribution in [-0.4, -0.2) is 39.8 Å².